The molecule has 0 spiro atoms. The first-order valence-corrected chi connectivity index (χ1v) is 11.6. The normalized spacial score (nSPS) is 11.8. The lowest BCUT2D eigenvalue weighted by molar-refractivity contribution is -0.145. The third kappa shape index (κ3) is 4.88. The molecule has 8 heteroatoms. The molecule has 36 heavy (non-hydrogen) atoms. The minimum Gasteiger partial charge on any atom is -0.497 e. The van der Waals surface area contributed by atoms with Crippen molar-refractivity contribution in [2.75, 3.05) is 14.2 Å². The average Bonchev–Trinajstić information content (AvgIpc) is 3.17. The van der Waals surface area contributed by atoms with Crippen molar-refractivity contribution in [1.29, 1.82) is 0 Å². The van der Waals surface area contributed by atoms with Gasteiger partial charge in [-0.05, 0) is 61.4 Å². The largest absolute Gasteiger partial charge is 0.497 e. The Morgan fingerprint density at radius 1 is 1.00 bits per heavy atom. The number of aromatic nitrogens is 2. The second-order valence-corrected chi connectivity index (χ2v) is 8.33. The summed E-state index contributed by atoms with van der Waals surface area (Å²) in [5, 5.41) is 10.1. The van der Waals surface area contributed by atoms with Gasteiger partial charge in [0.25, 0.3) is 0 Å². The highest BCUT2D eigenvalue weighted by Gasteiger charge is 2.23. The van der Waals surface area contributed by atoms with Gasteiger partial charge in [0.15, 0.2) is 11.9 Å². The first-order chi connectivity index (χ1) is 17.4. The summed E-state index contributed by atoms with van der Waals surface area (Å²) in [5.41, 5.74) is 3.36. The van der Waals surface area contributed by atoms with Crippen molar-refractivity contribution < 1.29 is 28.9 Å². The van der Waals surface area contributed by atoms with Crippen LogP contribution in [0.5, 0.6) is 17.4 Å². The molecule has 2 aromatic heterocycles. The van der Waals surface area contributed by atoms with Crippen LogP contribution < -0.4 is 14.2 Å². The van der Waals surface area contributed by atoms with E-state index in [-0.39, 0.29) is 5.78 Å². The molecule has 0 unspecified atom stereocenters. The van der Waals surface area contributed by atoms with E-state index in [1.807, 2.05) is 35.8 Å². The Balaban J connectivity index is 1.76. The van der Waals surface area contributed by atoms with Gasteiger partial charge >= 0.3 is 5.97 Å². The van der Waals surface area contributed by atoms with Crippen molar-refractivity contribution in [2.45, 2.75) is 32.9 Å². The summed E-state index contributed by atoms with van der Waals surface area (Å²) in [6.07, 6.45) is -0.574. The summed E-state index contributed by atoms with van der Waals surface area (Å²) in [6, 6.07) is 17.9. The number of methoxy groups -OCH3 is 2. The van der Waals surface area contributed by atoms with Crippen LogP contribution in [0.4, 0.5) is 0 Å². The van der Waals surface area contributed by atoms with Gasteiger partial charge in [-0.3, -0.25) is 4.79 Å². The molecule has 0 saturated heterocycles. The number of hydrogen-bond acceptors (Lipinski definition) is 6. The molecule has 0 aliphatic heterocycles. The predicted octanol–water partition coefficient (Wildman–Crippen LogP) is 4.88. The molecule has 1 atom stereocenters. The zero-order valence-corrected chi connectivity index (χ0v) is 20.6. The molecule has 186 valence electrons. The highest BCUT2D eigenvalue weighted by molar-refractivity contribution is 6.17. The highest BCUT2D eigenvalue weighted by Crippen LogP contribution is 2.30. The number of rotatable bonds is 10. The van der Waals surface area contributed by atoms with Crippen LogP contribution in [0.15, 0.2) is 60.7 Å². The molecule has 2 heterocycles. The van der Waals surface area contributed by atoms with E-state index in [9.17, 15) is 14.7 Å². The number of pyridine rings is 1. The molecule has 0 aliphatic carbocycles. The topological polar surface area (TPSA) is 99.9 Å². The van der Waals surface area contributed by atoms with Gasteiger partial charge in [-0.2, -0.15) is 4.98 Å². The summed E-state index contributed by atoms with van der Waals surface area (Å²) in [4.78, 5) is 29.6. The van der Waals surface area contributed by atoms with Gasteiger partial charge in [0.05, 0.1) is 19.8 Å². The SMILES string of the molecule is CC[C@H](Oc1cccc(Cn2c(C)c(C(=O)c3ccc(OC)cc3)c3ccc(OC)nc32)c1)C(=O)O. The van der Waals surface area contributed by atoms with E-state index in [0.717, 1.165) is 16.6 Å². The number of ether oxygens (including phenoxy) is 3. The van der Waals surface area contributed by atoms with E-state index in [1.54, 1.807) is 57.5 Å². The maximum atomic E-state index is 13.6. The highest BCUT2D eigenvalue weighted by atomic mass is 16.5. The van der Waals surface area contributed by atoms with Crippen LogP contribution >= 0.6 is 0 Å². The zero-order valence-electron chi connectivity index (χ0n) is 20.6. The molecule has 0 saturated carbocycles. The van der Waals surface area contributed by atoms with Crippen LogP contribution in [0.1, 0.15) is 40.5 Å². The Morgan fingerprint density at radius 3 is 2.39 bits per heavy atom. The molecule has 4 aromatic rings. The Labute approximate surface area is 209 Å². The number of aliphatic carboxylic acids is 1. The van der Waals surface area contributed by atoms with Gasteiger partial charge in [0.1, 0.15) is 17.1 Å². The van der Waals surface area contributed by atoms with E-state index in [4.69, 9.17) is 14.2 Å². The van der Waals surface area contributed by atoms with Crippen LogP contribution in [0.2, 0.25) is 0 Å². The number of nitrogens with zero attached hydrogens (tertiary/aromatic N) is 2. The maximum absolute atomic E-state index is 13.6. The first kappa shape index (κ1) is 24.8. The number of ketones is 1. The Morgan fingerprint density at radius 2 is 1.75 bits per heavy atom. The smallest absolute Gasteiger partial charge is 0.344 e. The Hall–Kier alpha value is -4.33. The quantitative estimate of drug-likeness (QED) is 0.318. The van der Waals surface area contributed by atoms with Crippen molar-refractivity contribution >= 4 is 22.8 Å². The van der Waals surface area contributed by atoms with Gasteiger partial charge in [0, 0.05) is 29.3 Å². The van der Waals surface area contributed by atoms with Crippen LogP contribution in [0, 0.1) is 6.92 Å². The van der Waals surface area contributed by atoms with Crippen molar-refractivity contribution in [3.8, 4) is 17.4 Å². The molecule has 4 rings (SSSR count). The molecular formula is C28H28N2O6. The van der Waals surface area contributed by atoms with Gasteiger partial charge in [-0.25, -0.2) is 4.79 Å². The molecule has 0 bridgehead atoms. The summed E-state index contributed by atoms with van der Waals surface area (Å²) >= 11 is 0. The lowest BCUT2D eigenvalue weighted by atomic mass is 10.0. The standard InChI is InChI=1S/C28H28N2O6/c1-5-23(28(32)33)36-21-8-6-7-18(15-21)16-30-17(2)25(22-13-14-24(35-4)29-27(22)30)26(31)19-9-11-20(34-3)12-10-19/h6-15,23H,5,16H2,1-4H3,(H,32,33)/t23-/m0/s1. The summed E-state index contributed by atoms with van der Waals surface area (Å²) in [6.45, 7) is 4.06. The number of fused-ring (bicyclic) bond motifs is 1. The molecule has 8 nitrogen and oxygen atoms in total. The predicted molar refractivity (Wildman–Crippen MR) is 135 cm³/mol. The lowest BCUT2D eigenvalue weighted by Gasteiger charge is -2.15. The third-order valence-electron chi connectivity index (χ3n) is 6.09. The van der Waals surface area contributed by atoms with Crippen LogP contribution in [-0.2, 0) is 11.3 Å². The van der Waals surface area contributed by atoms with Crippen molar-refractivity contribution in [2.24, 2.45) is 0 Å². The molecule has 1 N–H and O–H groups in total. The van der Waals surface area contributed by atoms with Crippen LogP contribution in [-0.4, -0.2) is 46.7 Å². The van der Waals surface area contributed by atoms with Crippen molar-refractivity contribution in [3.63, 3.8) is 0 Å². The van der Waals surface area contributed by atoms with E-state index in [2.05, 4.69) is 4.98 Å². The first-order valence-electron chi connectivity index (χ1n) is 11.6. The second-order valence-electron chi connectivity index (χ2n) is 8.33. The molecule has 0 fully saturated rings. The average molecular weight is 489 g/mol. The minimum atomic E-state index is -1.01. The monoisotopic (exact) mass is 488 g/mol. The van der Waals surface area contributed by atoms with E-state index in [0.29, 0.717) is 47.1 Å². The van der Waals surface area contributed by atoms with Gasteiger partial charge < -0.3 is 23.9 Å². The lowest BCUT2D eigenvalue weighted by Crippen LogP contribution is -2.25. The van der Waals surface area contributed by atoms with Gasteiger partial charge in [0.2, 0.25) is 5.88 Å². The van der Waals surface area contributed by atoms with Crippen molar-refractivity contribution in [3.05, 3.63) is 83.0 Å². The number of carboxylic acids is 1. The minimum absolute atomic E-state index is 0.116. The summed E-state index contributed by atoms with van der Waals surface area (Å²) in [7, 11) is 3.13. The summed E-state index contributed by atoms with van der Waals surface area (Å²) < 4.78 is 18.2. The third-order valence-corrected chi connectivity index (χ3v) is 6.09. The van der Waals surface area contributed by atoms with E-state index < -0.39 is 12.1 Å². The van der Waals surface area contributed by atoms with E-state index >= 15 is 0 Å². The van der Waals surface area contributed by atoms with Gasteiger partial charge in [-0.1, -0.05) is 19.1 Å². The maximum Gasteiger partial charge on any atom is 0.344 e. The van der Waals surface area contributed by atoms with Crippen LogP contribution in [0.25, 0.3) is 11.0 Å². The number of benzene rings is 2. The second kappa shape index (κ2) is 10.5. The molecule has 0 radical (unpaired) electrons. The van der Waals surface area contributed by atoms with Crippen molar-refractivity contribution in [1.82, 2.24) is 9.55 Å². The van der Waals surface area contributed by atoms with E-state index in [1.165, 1.54) is 0 Å². The fourth-order valence-electron chi connectivity index (χ4n) is 4.17. The fourth-order valence-corrected chi connectivity index (χ4v) is 4.17. The zero-order chi connectivity index (χ0) is 25.8. The summed E-state index contributed by atoms with van der Waals surface area (Å²) in [5.74, 6) is 0.459. The fraction of sp³-hybridized carbons (Fsp3) is 0.250. The Bertz CT molecular complexity index is 1410. The molecular weight excluding hydrogens is 460 g/mol. The Kier molecular flexibility index (Phi) is 7.24. The number of carboxylic acid groups (broad SMARTS) is 1. The van der Waals surface area contributed by atoms with Gasteiger partial charge in [-0.15, -0.1) is 0 Å². The number of carbonyl (C=O) groups excluding carboxylic acids is 1. The molecule has 0 aliphatic rings. The number of hydrogen-bond donors (Lipinski definition) is 1. The van der Waals surface area contributed by atoms with Crippen LogP contribution in [0.3, 0.4) is 0 Å². The molecule has 0 amide bonds. The molecule has 2 aromatic carbocycles. The number of carbonyl (C=O) groups is 2.